The number of nitrogens with zero attached hydrogens (tertiary/aromatic N) is 4. The molecule has 0 aromatic carbocycles. The summed E-state index contributed by atoms with van der Waals surface area (Å²) in [4.78, 5) is 4.60. The van der Waals surface area contributed by atoms with E-state index < -0.39 is 0 Å². The minimum absolute atomic E-state index is 0.618. The summed E-state index contributed by atoms with van der Waals surface area (Å²) in [7, 11) is 0. The van der Waals surface area contributed by atoms with Crippen molar-refractivity contribution in [3.63, 3.8) is 0 Å². The van der Waals surface area contributed by atoms with E-state index in [-0.39, 0.29) is 0 Å². The molecule has 4 rings (SSSR count). The van der Waals surface area contributed by atoms with E-state index in [9.17, 15) is 0 Å². The zero-order valence-electron chi connectivity index (χ0n) is 11.0. The number of anilines is 1. The summed E-state index contributed by atoms with van der Waals surface area (Å²) in [5.41, 5.74) is 2.01. The molecule has 0 saturated heterocycles. The summed E-state index contributed by atoms with van der Waals surface area (Å²) >= 11 is 6.76. The van der Waals surface area contributed by atoms with Crippen molar-refractivity contribution in [3.8, 4) is 0 Å². The van der Waals surface area contributed by atoms with Gasteiger partial charge in [0.05, 0.1) is 5.69 Å². The third-order valence-corrected chi connectivity index (χ3v) is 5.61. The molecule has 8 heteroatoms. The second-order valence-electron chi connectivity index (χ2n) is 4.93. The monoisotopic (exact) mass is 381 g/mol. The van der Waals surface area contributed by atoms with Gasteiger partial charge in [0.1, 0.15) is 5.65 Å². The quantitative estimate of drug-likeness (QED) is 0.680. The number of rotatable bonds is 5. The molecule has 0 amide bonds. The molecule has 0 bridgehead atoms. The molecule has 0 unspecified atom stereocenters. The molecule has 0 atom stereocenters. The number of hydrogen-bond acceptors (Lipinski definition) is 6. The summed E-state index contributed by atoms with van der Waals surface area (Å²) in [5.74, 6) is 0.803. The molecule has 1 N–H and O–H groups in total. The number of halogens is 1. The molecule has 3 aromatic heterocycles. The maximum Gasteiger partial charge on any atom is 0.206 e. The van der Waals surface area contributed by atoms with E-state index in [0.29, 0.717) is 6.04 Å². The van der Waals surface area contributed by atoms with Crippen molar-refractivity contribution in [2.24, 2.45) is 0 Å². The second kappa shape index (κ2) is 5.58. The molecule has 5 nitrogen and oxygen atoms in total. The van der Waals surface area contributed by atoms with E-state index in [4.69, 9.17) is 0 Å². The van der Waals surface area contributed by atoms with Crippen LogP contribution in [0.1, 0.15) is 18.5 Å². The number of hydrogen-bond donors (Lipinski definition) is 1. The van der Waals surface area contributed by atoms with Gasteiger partial charge in [0.25, 0.3) is 0 Å². The molecule has 3 heterocycles. The van der Waals surface area contributed by atoms with Gasteiger partial charge in [0.2, 0.25) is 5.13 Å². The number of pyridine rings is 1. The molecular weight excluding hydrogens is 370 g/mol. The number of imidazole rings is 1. The van der Waals surface area contributed by atoms with Crippen LogP contribution in [0.2, 0.25) is 0 Å². The highest BCUT2D eigenvalue weighted by atomic mass is 79.9. The van der Waals surface area contributed by atoms with Gasteiger partial charge < -0.3 is 9.72 Å². The van der Waals surface area contributed by atoms with Gasteiger partial charge in [0.15, 0.2) is 4.34 Å². The van der Waals surface area contributed by atoms with E-state index in [2.05, 4.69) is 42.6 Å². The first kappa shape index (κ1) is 13.5. The van der Waals surface area contributed by atoms with Crippen molar-refractivity contribution in [3.05, 3.63) is 34.7 Å². The third-order valence-electron chi connectivity index (χ3n) is 3.12. The van der Waals surface area contributed by atoms with E-state index in [1.807, 2.05) is 22.7 Å². The third kappa shape index (κ3) is 3.22. The van der Waals surface area contributed by atoms with E-state index >= 15 is 0 Å². The Balaban J connectivity index is 1.43. The smallest absolute Gasteiger partial charge is 0.206 e. The average molecular weight is 382 g/mol. The van der Waals surface area contributed by atoms with Crippen LogP contribution in [-0.4, -0.2) is 25.6 Å². The summed E-state index contributed by atoms with van der Waals surface area (Å²) in [6, 6.07) is 4.62. The lowest BCUT2D eigenvalue weighted by molar-refractivity contribution is 0.994. The van der Waals surface area contributed by atoms with Crippen LogP contribution in [0.5, 0.6) is 0 Å². The SMILES string of the molecule is Brc1ccc2nc(CSc3nnc(NC4CC4)s3)cn2c1. The van der Waals surface area contributed by atoms with Gasteiger partial charge in [-0.2, -0.15) is 0 Å². The first-order chi connectivity index (χ1) is 10.3. The Kier molecular flexibility index (Phi) is 3.60. The van der Waals surface area contributed by atoms with Crippen molar-refractivity contribution in [1.82, 2.24) is 19.6 Å². The van der Waals surface area contributed by atoms with E-state index in [1.165, 1.54) is 12.8 Å². The van der Waals surface area contributed by atoms with Crippen molar-refractivity contribution < 1.29 is 0 Å². The second-order valence-corrected chi connectivity index (χ2v) is 8.04. The van der Waals surface area contributed by atoms with Gasteiger partial charge in [-0.3, -0.25) is 0 Å². The molecular formula is C13H12BrN5S2. The zero-order valence-corrected chi connectivity index (χ0v) is 14.2. The largest absolute Gasteiger partial charge is 0.357 e. The Morgan fingerprint density at radius 1 is 1.33 bits per heavy atom. The van der Waals surface area contributed by atoms with Crippen molar-refractivity contribution in [1.29, 1.82) is 0 Å². The average Bonchev–Trinajstić information content (AvgIpc) is 3.01. The highest BCUT2D eigenvalue weighted by Crippen LogP contribution is 2.31. The lowest BCUT2D eigenvalue weighted by atomic mass is 10.5. The van der Waals surface area contributed by atoms with Crippen LogP contribution in [0.25, 0.3) is 5.65 Å². The fraction of sp³-hybridized carbons (Fsp3) is 0.308. The Labute approximate surface area is 138 Å². The van der Waals surface area contributed by atoms with Crippen LogP contribution in [-0.2, 0) is 5.75 Å². The van der Waals surface area contributed by atoms with Crippen LogP contribution < -0.4 is 5.32 Å². The van der Waals surface area contributed by atoms with Crippen LogP contribution in [0.3, 0.4) is 0 Å². The summed E-state index contributed by atoms with van der Waals surface area (Å²) < 4.78 is 4.06. The van der Waals surface area contributed by atoms with Gasteiger partial charge in [-0.05, 0) is 40.9 Å². The Hall–Kier alpha value is -1.12. The number of aromatic nitrogens is 4. The fourth-order valence-electron chi connectivity index (χ4n) is 1.95. The Morgan fingerprint density at radius 3 is 3.10 bits per heavy atom. The van der Waals surface area contributed by atoms with Gasteiger partial charge in [-0.1, -0.05) is 23.1 Å². The predicted molar refractivity (Wildman–Crippen MR) is 89.0 cm³/mol. The predicted octanol–water partition coefficient (Wildman–Crippen LogP) is 3.81. The zero-order chi connectivity index (χ0) is 14.2. The minimum Gasteiger partial charge on any atom is -0.357 e. The van der Waals surface area contributed by atoms with E-state index in [0.717, 1.165) is 31.0 Å². The van der Waals surface area contributed by atoms with Crippen LogP contribution >= 0.6 is 39.0 Å². The first-order valence-corrected chi connectivity index (χ1v) is 9.22. The summed E-state index contributed by atoms with van der Waals surface area (Å²) in [6.07, 6.45) is 6.56. The maximum absolute atomic E-state index is 4.60. The molecule has 3 aromatic rings. The lowest BCUT2D eigenvalue weighted by Gasteiger charge is -1.94. The molecule has 1 fully saturated rings. The maximum atomic E-state index is 4.60. The van der Waals surface area contributed by atoms with Crippen LogP contribution in [0, 0.1) is 0 Å². The van der Waals surface area contributed by atoms with Gasteiger partial charge in [-0.25, -0.2) is 4.98 Å². The Morgan fingerprint density at radius 2 is 2.24 bits per heavy atom. The fourth-order valence-corrected chi connectivity index (χ4v) is 4.02. The highest BCUT2D eigenvalue weighted by molar-refractivity contribution is 9.10. The molecule has 1 aliphatic carbocycles. The van der Waals surface area contributed by atoms with E-state index in [1.54, 1.807) is 23.1 Å². The molecule has 0 aliphatic heterocycles. The molecule has 1 saturated carbocycles. The van der Waals surface area contributed by atoms with Crippen LogP contribution in [0.4, 0.5) is 5.13 Å². The summed E-state index contributed by atoms with van der Waals surface area (Å²) in [5, 5.41) is 12.7. The first-order valence-electron chi connectivity index (χ1n) is 6.62. The number of nitrogens with one attached hydrogen (secondary N) is 1. The molecule has 1 aliphatic rings. The molecule has 0 spiro atoms. The lowest BCUT2D eigenvalue weighted by Crippen LogP contribution is -1.99. The van der Waals surface area contributed by atoms with Gasteiger partial charge in [-0.15, -0.1) is 10.2 Å². The van der Waals surface area contributed by atoms with Gasteiger partial charge >= 0.3 is 0 Å². The normalized spacial score (nSPS) is 14.7. The van der Waals surface area contributed by atoms with Gasteiger partial charge in [0, 0.05) is 28.7 Å². The van der Waals surface area contributed by atoms with Crippen molar-refractivity contribution in [2.45, 2.75) is 29.0 Å². The summed E-state index contributed by atoms with van der Waals surface area (Å²) in [6.45, 7) is 0. The molecule has 0 radical (unpaired) electrons. The number of thioether (sulfide) groups is 1. The highest BCUT2D eigenvalue weighted by Gasteiger charge is 2.22. The minimum atomic E-state index is 0.618. The van der Waals surface area contributed by atoms with Crippen molar-refractivity contribution >= 4 is 49.8 Å². The standard InChI is InChI=1S/C13H12BrN5S2/c14-8-1-4-11-15-10(6-19(11)5-8)7-20-13-18-17-12(21-13)16-9-2-3-9/h1,4-6,9H,2-3,7H2,(H,16,17). The molecule has 108 valence electrons. The molecule has 21 heavy (non-hydrogen) atoms. The van der Waals surface area contributed by atoms with Crippen LogP contribution in [0.15, 0.2) is 33.3 Å². The topological polar surface area (TPSA) is 55.1 Å². The van der Waals surface area contributed by atoms with Crippen molar-refractivity contribution in [2.75, 3.05) is 5.32 Å². The Bertz CT molecular complexity index is 780. The number of fused-ring (bicyclic) bond motifs is 1.